The number of ether oxygens (including phenoxy) is 1. The minimum Gasteiger partial charge on any atom is -0.444 e. The molecule has 1 aromatic rings. The van der Waals surface area contributed by atoms with Gasteiger partial charge in [-0.2, -0.15) is 0 Å². The number of anilines is 1. The number of aromatic nitrogens is 1. The molecule has 0 radical (unpaired) electrons. The van der Waals surface area contributed by atoms with Gasteiger partial charge in [0.2, 0.25) is 0 Å². The second-order valence-electron chi connectivity index (χ2n) is 6.47. The van der Waals surface area contributed by atoms with Crippen molar-refractivity contribution in [3.8, 4) is 11.8 Å². The lowest BCUT2D eigenvalue weighted by molar-refractivity contribution is 0.0190. The van der Waals surface area contributed by atoms with Gasteiger partial charge in [0.25, 0.3) is 0 Å². The van der Waals surface area contributed by atoms with Gasteiger partial charge in [0.05, 0.1) is 5.56 Å². The molecule has 0 bridgehead atoms. The van der Waals surface area contributed by atoms with Crippen LogP contribution in [0.5, 0.6) is 0 Å². The molecule has 2 rings (SSSR count). The number of carbonyl (C=O) groups excluding carboxylic acids is 1. The second-order valence-corrected chi connectivity index (χ2v) is 6.47. The van der Waals surface area contributed by atoms with Crippen LogP contribution in [0.15, 0.2) is 18.3 Å². The molecule has 0 spiro atoms. The molecule has 1 saturated heterocycles. The lowest BCUT2D eigenvalue weighted by atomic mass is 9.98. The SMILES string of the molecule is CC(C)(C)OC(=O)N1CCCC(C#Cc2cccnc2N)C1. The molecule has 1 unspecified atom stereocenters. The Labute approximate surface area is 131 Å². The number of rotatable bonds is 0. The maximum atomic E-state index is 12.1. The van der Waals surface area contributed by atoms with Crippen LogP contribution in [0.1, 0.15) is 39.2 Å². The summed E-state index contributed by atoms with van der Waals surface area (Å²) in [5.41, 5.74) is 6.04. The van der Waals surface area contributed by atoms with Gasteiger partial charge in [-0.1, -0.05) is 11.8 Å². The second kappa shape index (κ2) is 6.69. The van der Waals surface area contributed by atoms with Gasteiger partial charge in [0, 0.05) is 25.2 Å². The van der Waals surface area contributed by atoms with Crippen LogP contribution in [0.2, 0.25) is 0 Å². The number of hydrogen-bond donors (Lipinski definition) is 1. The Morgan fingerprint density at radius 3 is 2.95 bits per heavy atom. The third-order valence-corrected chi connectivity index (χ3v) is 3.32. The smallest absolute Gasteiger partial charge is 0.410 e. The highest BCUT2D eigenvalue weighted by Gasteiger charge is 2.26. The van der Waals surface area contributed by atoms with Crippen molar-refractivity contribution < 1.29 is 9.53 Å². The summed E-state index contributed by atoms with van der Waals surface area (Å²) in [5.74, 6) is 6.86. The van der Waals surface area contributed by atoms with Crippen LogP contribution in [-0.2, 0) is 4.74 Å². The third-order valence-electron chi connectivity index (χ3n) is 3.32. The fraction of sp³-hybridized carbons (Fsp3) is 0.529. The van der Waals surface area contributed by atoms with E-state index in [1.165, 1.54) is 0 Å². The first kappa shape index (κ1) is 16.2. The highest BCUT2D eigenvalue weighted by Crippen LogP contribution is 2.19. The molecule has 0 saturated carbocycles. The number of amides is 1. The van der Waals surface area contributed by atoms with Crippen LogP contribution in [-0.4, -0.2) is 34.7 Å². The first-order valence-corrected chi connectivity index (χ1v) is 7.55. The molecule has 5 nitrogen and oxygen atoms in total. The van der Waals surface area contributed by atoms with Gasteiger partial charge in [-0.15, -0.1) is 0 Å². The zero-order valence-corrected chi connectivity index (χ0v) is 13.4. The summed E-state index contributed by atoms with van der Waals surface area (Å²) in [6, 6.07) is 3.66. The number of nitrogens with zero attached hydrogens (tertiary/aromatic N) is 2. The van der Waals surface area contributed by atoms with E-state index in [-0.39, 0.29) is 12.0 Å². The summed E-state index contributed by atoms with van der Waals surface area (Å²) in [6.07, 6.45) is 3.29. The van der Waals surface area contributed by atoms with Crippen molar-refractivity contribution in [3.05, 3.63) is 23.9 Å². The first-order chi connectivity index (χ1) is 10.3. The summed E-state index contributed by atoms with van der Waals surface area (Å²) in [7, 11) is 0. The van der Waals surface area contributed by atoms with Crippen molar-refractivity contribution in [3.63, 3.8) is 0 Å². The van der Waals surface area contributed by atoms with Gasteiger partial charge < -0.3 is 15.4 Å². The van der Waals surface area contributed by atoms with Crippen LogP contribution in [0, 0.1) is 17.8 Å². The summed E-state index contributed by atoms with van der Waals surface area (Å²) < 4.78 is 5.42. The molecular formula is C17H23N3O2. The van der Waals surface area contributed by atoms with E-state index in [9.17, 15) is 4.79 Å². The number of nitrogen functional groups attached to an aromatic ring is 1. The molecule has 1 aromatic heterocycles. The van der Waals surface area contributed by atoms with E-state index >= 15 is 0 Å². The molecule has 2 heterocycles. The van der Waals surface area contributed by atoms with Crippen molar-refractivity contribution in [2.75, 3.05) is 18.8 Å². The van der Waals surface area contributed by atoms with E-state index in [1.807, 2.05) is 32.9 Å². The lowest BCUT2D eigenvalue weighted by Crippen LogP contribution is -2.42. The van der Waals surface area contributed by atoms with Crippen molar-refractivity contribution in [1.82, 2.24) is 9.88 Å². The molecule has 1 atom stereocenters. The van der Waals surface area contributed by atoms with E-state index < -0.39 is 5.60 Å². The minimum absolute atomic E-state index is 0.140. The Bertz CT molecular complexity index is 596. The molecule has 1 amide bonds. The topological polar surface area (TPSA) is 68.5 Å². The minimum atomic E-state index is -0.472. The van der Waals surface area contributed by atoms with Gasteiger partial charge in [-0.05, 0) is 45.7 Å². The molecule has 118 valence electrons. The maximum Gasteiger partial charge on any atom is 0.410 e. The van der Waals surface area contributed by atoms with Crippen LogP contribution >= 0.6 is 0 Å². The maximum absolute atomic E-state index is 12.1. The van der Waals surface area contributed by atoms with Crippen LogP contribution in [0.4, 0.5) is 10.6 Å². The van der Waals surface area contributed by atoms with Gasteiger partial charge in [0.1, 0.15) is 11.4 Å². The van der Waals surface area contributed by atoms with Crippen molar-refractivity contribution in [2.45, 2.75) is 39.2 Å². The normalized spacial score (nSPS) is 18.3. The Hall–Kier alpha value is -2.22. The zero-order valence-electron chi connectivity index (χ0n) is 13.4. The van der Waals surface area contributed by atoms with E-state index in [0.29, 0.717) is 12.4 Å². The van der Waals surface area contributed by atoms with Crippen LogP contribution in [0.3, 0.4) is 0 Å². The number of piperidine rings is 1. The summed E-state index contributed by atoms with van der Waals surface area (Å²) in [4.78, 5) is 17.9. The fourth-order valence-electron chi connectivity index (χ4n) is 2.29. The Kier molecular flexibility index (Phi) is 4.92. The van der Waals surface area contributed by atoms with Gasteiger partial charge in [-0.25, -0.2) is 9.78 Å². The monoisotopic (exact) mass is 301 g/mol. The van der Waals surface area contributed by atoms with Crippen molar-refractivity contribution >= 4 is 11.9 Å². The van der Waals surface area contributed by atoms with E-state index in [2.05, 4.69) is 16.8 Å². The van der Waals surface area contributed by atoms with E-state index in [0.717, 1.165) is 24.9 Å². The molecule has 0 aromatic carbocycles. The molecular weight excluding hydrogens is 278 g/mol. The number of hydrogen-bond acceptors (Lipinski definition) is 4. The molecule has 5 heteroatoms. The summed E-state index contributed by atoms with van der Waals surface area (Å²) >= 11 is 0. The fourth-order valence-corrected chi connectivity index (χ4v) is 2.29. The number of nitrogens with two attached hydrogens (primary N) is 1. The van der Waals surface area contributed by atoms with Crippen molar-refractivity contribution in [1.29, 1.82) is 0 Å². The van der Waals surface area contributed by atoms with E-state index in [4.69, 9.17) is 10.5 Å². The quantitative estimate of drug-likeness (QED) is 0.748. The Morgan fingerprint density at radius 1 is 1.50 bits per heavy atom. The molecule has 1 fully saturated rings. The van der Waals surface area contributed by atoms with Gasteiger partial charge in [-0.3, -0.25) is 0 Å². The predicted octanol–water partition coefficient (Wildman–Crippen LogP) is 2.66. The summed E-state index contributed by atoms with van der Waals surface area (Å²) in [6.45, 7) is 6.94. The Balaban J connectivity index is 2.00. The first-order valence-electron chi connectivity index (χ1n) is 7.55. The largest absolute Gasteiger partial charge is 0.444 e. The molecule has 1 aliphatic heterocycles. The lowest BCUT2D eigenvalue weighted by Gasteiger charge is -2.32. The molecule has 0 aliphatic carbocycles. The average Bonchev–Trinajstić information content (AvgIpc) is 2.45. The van der Waals surface area contributed by atoms with Crippen LogP contribution < -0.4 is 5.73 Å². The average molecular weight is 301 g/mol. The molecule has 1 aliphatic rings. The van der Waals surface area contributed by atoms with Gasteiger partial charge in [0.15, 0.2) is 0 Å². The van der Waals surface area contributed by atoms with E-state index in [1.54, 1.807) is 11.1 Å². The standard InChI is InChI=1S/C17H23N3O2/c1-17(2,3)22-16(21)20-11-5-6-13(12-20)8-9-14-7-4-10-19-15(14)18/h4,7,10,13H,5-6,11-12H2,1-3H3,(H2,18,19). The van der Waals surface area contributed by atoms with Crippen molar-refractivity contribution in [2.24, 2.45) is 5.92 Å². The Morgan fingerprint density at radius 2 is 2.27 bits per heavy atom. The highest BCUT2D eigenvalue weighted by atomic mass is 16.6. The highest BCUT2D eigenvalue weighted by molar-refractivity contribution is 5.68. The molecule has 22 heavy (non-hydrogen) atoms. The van der Waals surface area contributed by atoms with Gasteiger partial charge >= 0.3 is 6.09 Å². The number of carbonyl (C=O) groups is 1. The van der Waals surface area contributed by atoms with Crippen LogP contribution in [0.25, 0.3) is 0 Å². The predicted molar refractivity (Wildman–Crippen MR) is 86.1 cm³/mol. The third kappa shape index (κ3) is 4.66. The number of pyridine rings is 1. The summed E-state index contributed by atoms with van der Waals surface area (Å²) in [5, 5.41) is 0. The number of likely N-dealkylation sites (tertiary alicyclic amines) is 1. The molecule has 2 N–H and O–H groups in total. The zero-order chi connectivity index (χ0) is 16.2.